The van der Waals surface area contributed by atoms with Gasteiger partial charge in [0.1, 0.15) is 0 Å². The van der Waals surface area contributed by atoms with Crippen molar-refractivity contribution < 1.29 is 9.47 Å². The lowest BCUT2D eigenvalue weighted by Gasteiger charge is -2.14. The fourth-order valence-electron chi connectivity index (χ4n) is 2.55. The van der Waals surface area contributed by atoms with Gasteiger partial charge in [-0.15, -0.1) is 0 Å². The van der Waals surface area contributed by atoms with E-state index in [2.05, 4.69) is 24.4 Å². The van der Waals surface area contributed by atoms with Crippen LogP contribution < -0.4 is 14.8 Å². The van der Waals surface area contributed by atoms with Gasteiger partial charge in [-0.25, -0.2) is 0 Å². The summed E-state index contributed by atoms with van der Waals surface area (Å²) in [5.74, 6) is 2.75. The van der Waals surface area contributed by atoms with Gasteiger partial charge in [0.2, 0.25) is 0 Å². The Morgan fingerprint density at radius 2 is 2.00 bits per heavy atom. The van der Waals surface area contributed by atoms with Gasteiger partial charge in [0.05, 0.1) is 13.2 Å². The second kappa shape index (κ2) is 5.83. The number of rotatable bonds is 5. The van der Waals surface area contributed by atoms with Crippen LogP contribution in [0.25, 0.3) is 0 Å². The minimum absolute atomic E-state index is 0.600. The summed E-state index contributed by atoms with van der Waals surface area (Å²) in [7, 11) is 0. The maximum Gasteiger partial charge on any atom is 0.161 e. The summed E-state index contributed by atoms with van der Waals surface area (Å²) in [6.07, 6.45) is 5.12. The molecule has 1 aliphatic carbocycles. The first kappa shape index (κ1) is 12.8. The van der Waals surface area contributed by atoms with Gasteiger partial charge in [-0.2, -0.15) is 0 Å². The molecule has 1 aromatic rings. The molecule has 1 aliphatic heterocycles. The Hall–Kier alpha value is -1.22. The summed E-state index contributed by atoms with van der Waals surface area (Å²) in [4.78, 5) is 0. The predicted molar refractivity (Wildman–Crippen MR) is 75.7 cm³/mol. The molecule has 0 bridgehead atoms. The molecule has 0 amide bonds. The number of fused-ring (bicyclic) bond motifs is 1. The Labute approximate surface area is 115 Å². The van der Waals surface area contributed by atoms with Crippen molar-refractivity contribution in [2.24, 2.45) is 5.92 Å². The van der Waals surface area contributed by atoms with E-state index in [0.29, 0.717) is 6.04 Å². The molecule has 19 heavy (non-hydrogen) atoms. The third-order valence-corrected chi connectivity index (χ3v) is 3.85. The van der Waals surface area contributed by atoms with Crippen molar-refractivity contribution in [3.05, 3.63) is 23.8 Å². The lowest BCUT2D eigenvalue weighted by molar-refractivity contribution is 0.297. The summed E-state index contributed by atoms with van der Waals surface area (Å²) < 4.78 is 11.4. The largest absolute Gasteiger partial charge is 0.490 e. The van der Waals surface area contributed by atoms with Crippen LogP contribution >= 0.6 is 0 Å². The number of ether oxygens (including phenoxy) is 2. The number of nitrogens with one attached hydrogen (secondary N) is 1. The zero-order chi connectivity index (χ0) is 13.1. The molecule has 1 fully saturated rings. The summed E-state index contributed by atoms with van der Waals surface area (Å²) >= 11 is 0. The van der Waals surface area contributed by atoms with Crippen LogP contribution in [0.2, 0.25) is 0 Å². The van der Waals surface area contributed by atoms with Crippen molar-refractivity contribution in [2.45, 2.75) is 45.2 Å². The van der Waals surface area contributed by atoms with E-state index in [9.17, 15) is 0 Å². The molecule has 3 rings (SSSR count). The normalized spacial score (nSPS) is 19.8. The molecule has 1 atom stereocenters. The Morgan fingerprint density at radius 1 is 1.21 bits per heavy atom. The van der Waals surface area contributed by atoms with Crippen LogP contribution in [-0.2, 0) is 6.54 Å². The first-order valence-electron chi connectivity index (χ1n) is 7.43. The van der Waals surface area contributed by atoms with Gasteiger partial charge in [-0.3, -0.25) is 0 Å². The molecule has 0 saturated heterocycles. The molecule has 1 saturated carbocycles. The van der Waals surface area contributed by atoms with Crippen molar-refractivity contribution in [1.82, 2.24) is 5.32 Å². The van der Waals surface area contributed by atoms with Crippen molar-refractivity contribution in [1.29, 1.82) is 0 Å². The SMILES string of the molecule is CC(CC1CC1)NCc1ccc2c(c1)OCCCO2. The topological polar surface area (TPSA) is 30.5 Å². The van der Waals surface area contributed by atoms with Crippen LogP contribution in [-0.4, -0.2) is 19.3 Å². The average Bonchev–Trinajstić information content (AvgIpc) is 3.22. The van der Waals surface area contributed by atoms with Gasteiger partial charge in [-0.1, -0.05) is 18.9 Å². The maximum absolute atomic E-state index is 5.72. The monoisotopic (exact) mass is 261 g/mol. The fraction of sp³-hybridized carbons (Fsp3) is 0.625. The molecular formula is C16H23NO2. The molecule has 2 aliphatic rings. The van der Waals surface area contributed by atoms with E-state index in [1.165, 1.54) is 24.8 Å². The smallest absolute Gasteiger partial charge is 0.161 e. The van der Waals surface area contributed by atoms with Gasteiger partial charge in [0.15, 0.2) is 11.5 Å². The molecule has 0 spiro atoms. The van der Waals surface area contributed by atoms with Gasteiger partial charge in [-0.05, 0) is 37.0 Å². The highest BCUT2D eigenvalue weighted by molar-refractivity contribution is 5.43. The highest BCUT2D eigenvalue weighted by Crippen LogP contribution is 2.33. The number of benzene rings is 1. The van der Waals surface area contributed by atoms with Crippen molar-refractivity contribution >= 4 is 0 Å². The van der Waals surface area contributed by atoms with E-state index in [-0.39, 0.29) is 0 Å². The van der Waals surface area contributed by atoms with Crippen LogP contribution in [0.4, 0.5) is 0 Å². The van der Waals surface area contributed by atoms with Crippen molar-refractivity contribution in [3.8, 4) is 11.5 Å². The first-order valence-corrected chi connectivity index (χ1v) is 7.43. The van der Waals surface area contributed by atoms with E-state index < -0.39 is 0 Å². The van der Waals surface area contributed by atoms with Crippen molar-refractivity contribution in [3.63, 3.8) is 0 Å². The molecule has 104 valence electrons. The average molecular weight is 261 g/mol. The van der Waals surface area contributed by atoms with E-state index >= 15 is 0 Å². The third kappa shape index (κ3) is 3.63. The molecule has 1 unspecified atom stereocenters. The Balaban J connectivity index is 1.56. The zero-order valence-electron chi connectivity index (χ0n) is 11.7. The number of hydrogen-bond donors (Lipinski definition) is 1. The van der Waals surface area contributed by atoms with Crippen LogP contribution in [0.1, 0.15) is 38.2 Å². The zero-order valence-corrected chi connectivity index (χ0v) is 11.7. The van der Waals surface area contributed by atoms with E-state index in [1.54, 1.807) is 0 Å². The highest BCUT2D eigenvalue weighted by atomic mass is 16.5. The second-order valence-electron chi connectivity index (χ2n) is 5.79. The lowest BCUT2D eigenvalue weighted by atomic mass is 10.1. The molecular weight excluding hydrogens is 238 g/mol. The number of hydrogen-bond acceptors (Lipinski definition) is 3. The van der Waals surface area contributed by atoms with Gasteiger partial charge >= 0.3 is 0 Å². The van der Waals surface area contributed by atoms with Gasteiger partial charge < -0.3 is 14.8 Å². The van der Waals surface area contributed by atoms with Gasteiger partial charge in [0.25, 0.3) is 0 Å². The highest BCUT2D eigenvalue weighted by Gasteiger charge is 2.23. The summed E-state index contributed by atoms with van der Waals surface area (Å²) in [5.41, 5.74) is 1.27. The Kier molecular flexibility index (Phi) is 3.92. The molecule has 1 N–H and O–H groups in total. The van der Waals surface area contributed by atoms with Gasteiger partial charge in [0, 0.05) is 19.0 Å². The van der Waals surface area contributed by atoms with Crippen molar-refractivity contribution in [2.75, 3.05) is 13.2 Å². The van der Waals surface area contributed by atoms with Crippen LogP contribution in [0.3, 0.4) is 0 Å². The quantitative estimate of drug-likeness (QED) is 0.883. The van der Waals surface area contributed by atoms with E-state index in [1.807, 2.05) is 6.07 Å². The maximum atomic E-state index is 5.72. The summed E-state index contributed by atoms with van der Waals surface area (Å²) in [6.45, 7) is 4.69. The predicted octanol–water partition coefficient (Wildman–Crippen LogP) is 3.13. The third-order valence-electron chi connectivity index (χ3n) is 3.85. The minimum Gasteiger partial charge on any atom is -0.490 e. The molecule has 1 aromatic carbocycles. The van der Waals surface area contributed by atoms with E-state index in [4.69, 9.17) is 9.47 Å². The summed E-state index contributed by atoms with van der Waals surface area (Å²) in [5, 5.41) is 3.60. The molecule has 0 radical (unpaired) electrons. The Morgan fingerprint density at radius 3 is 2.79 bits per heavy atom. The van der Waals surface area contributed by atoms with E-state index in [0.717, 1.165) is 43.6 Å². The van der Waals surface area contributed by atoms with Crippen LogP contribution in [0, 0.1) is 5.92 Å². The molecule has 0 aromatic heterocycles. The van der Waals surface area contributed by atoms with Crippen LogP contribution in [0.15, 0.2) is 18.2 Å². The lowest BCUT2D eigenvalue weighted by Crippen LogP contribution is -2.25. The first-order chi connectivity index (χ1) is 9.31. The Bertz CT molecular complexity index is 429. The minimum atomic E-state index is 0.600. The fourth-order valence-corrected chi connectivity index (χ4v) is 2.55. The van der Waals surface area contributed by atoms with Crippen LogP contribution in [0.5, 0.6) is 11.5 Å². The molecule has 1 heterocycles. The second-order valence-corrected chi connectivity index (χ2v) is 5.79. The molecule has 3 heteroatoms. The molecule has 3 nitrogen and oxygen atoms in total. The standard InChI is InChI=1S/C16H23NO2/c1-12(9-13-3-4-13)17-11-14-5-6-15-16(10-14)19-8-2-7-18-15/h5-6,10,12-13,17H,2-4,7-9,11H2,1H3. The summed E-state index contributed by atoms with van der Waals surface area (Å²) in [6, 6.07) is 6.87.